The molecule has 1 aromatic carbocycles. The van der Waals surface area contributed by atoms with E-state index >= 15 is 0 Å². The van der Waals surface area contributed by atoms with E-state index in [0.717, 1.165) is 0 Å². The standard InChI is InChI=1S/C15H15N/c1-11-6-7-15-14(8-11)9-12-4-2-3-5-13(12)10-16-15/h2-10,14-16H,1H3. The van der Waals surface area contributed by atoms with E-state index in [4.69, 9.17) is 0 Å². The normalized spacial score (nSPS) is 26.2. The minimum absolute atomic E-state index is 0.399. The van der Waals surface area contributed by atoms with Gasteiger partial charge in [0.25, 0.3) is 0 Å². The van der Waals surface area contributed by atoms with E-state index < -0.39 is 0 Å². The molecule has 0 saturated carbocycles. The molecule has 1 nitrogen and oxygen atoms in total. The predicted octanol–water partition coefficient (Wildman–Crippen LogP) is 1.31. The molecule has 2 unspecified atom stereocenters. The first-order valence-electron chi connectivity index (χ1n) is 5.73. The van der Waals surface area contributed by atoms with E-state index in [1.165, 1.54) is 16.0 Å². The summed E-state index contributed by atoms with van der Waals surface area (Å²) in [5.41, 5.74) is 1.35. The zero-order chi connectivity index (χ0) is 11.0. The third kappa shape index (κ3) is 1.58. The summed E-state index contributed by atoms with van der Waals surface area (Å²) >= 11 is 0. The van der Waals surface area contributed by atoms with E-state index in [-0.39, 0.29) is 0 Å². The molecule has 16 heavy (non-hydrogen) atoms. The van der Waals surface area contributed by atoms with E-state index in [2.05, 4.69) is 67.0 Å². The van der Waals surface area contributed by atoms with Gasteiger partial charge in [0.2, 0.25) is 0 Å². The highest BCUT2D eigenvalue weighted by atomic mass is 14.9. The van der Waals surface area contributed by atoms with Gasteiger partial charge >= 0.3 is 0 Å². The molecule has 0 fully saturated rings. The molecule has 2 aliphatic rings. The molecule has 80 valence electrons. The van der Waals surface area contributed by atoms with Crippen molar-refractivity contribution in [2.75, 3.05) is 0 Å². The average molecular weight is 209 g/mol. The number of fused-ring (bicyclic) bond motifs is 2. The lowest BCUT2D eigenvalue weighted by Gasteiger charge is -2.22. The molecule has 0 bridgehead atoms. The van der Waals surface area contributed by atoms with E-state index in [1.54, 1.807) is 0 Å². The van der Waals surface area contributed by atoms with E-state index in [0.29, 0.717) is 12.0 Å². The van der Waals surface area contributed by atoms with Gasteiger partial charge in [0.1, 0.15) is 0 Å². The van der Waals surface area contributed by atoms with E-state index in [9.17, 15) is 0 Å². The third-order valence-electron chi connectivity index (χ3n) is 3.24. The van der Waals surface area contributed by atoms with Crippen LogP contribution in [0.4, 0.5) is 0 Å². The largest absolute Gasteiger partial charge is 0.383 e. The van der Waals surface area contributed by atoms with Crippen LogP contribution in [0.25, 0.3) is 12.3 Å². The van der Waals surface area contributed by atoms with Crippen LogP contribution in [0.1, 0.15) is 6.92 Å². The van der Waals surface area contributed by atoms with Crippen LogP contribution in [0.15, 0.2) is 48.1 Å². The van der Waals surface area contributed by atoms with Crippen molar-refractivity contribution in [3.63, 3.8) is 0 Å². The van der Waals surface area contributed by atoms with Crippen molar-refractivity contribution in [2.24, 2.45) is 5.92 Å². The van der Waals surface area contributed by atoms with Gasteiger partial charge in [-0.25, -0.2) is 0 Å². The monoisotopic (exact) mass is 209 g/mol. The number of hydrogen-bond acceptors (Lipinski definition) is 1. The van der Waals surface area contributed by atoms with Crippen molar-refractivity contribution in [1.29, 1.82) is 0 Å². The molecule has 1 aliphatic heterocycles. The van der Waals surface area contributed by atoms with Crippen LogP contribution in [0.5, 0.6) is 0 Å². The van der Waals surface area contributed by atoms with Crippen molar-refractivity contribution in [2.45, 2.75) is 13.0 Å². The molecule has 1 aliphatic carbocycles. The fraction of sp³-hybridized carbons (Fsp3) is 0.200. The Morgan fingerprint density at radius 2 is 1.88 bits per heavy atom. The Labute approximate surface area is 95.5 Å². The maximum atomic E-state index is 3.47. The smallest absolute Gasteiger partial charge is 0.0540 e. The molecule has 2 atom stereocenters. The topological polar surface area (TPSA) is 12.0 Å². The van der Waals surface area contributed by atoms with Crippen molar-refractivity contribution in [1.82, 2.24) is 5.32 Å². The lowest BCUT2D eigenvalue weighted by Crippen LogP contribution is -2.29. The number of hydrogen-bond donors (Lipinski definition) is 1. The highest BCUT2D eigenvalue weighted by Crippen LogP contribution is 2.18. The number of allylic oxidation sites excluding steroid dienone is 2. The Kier molecular flexibility index (Phi) is 2.17. The van der Waals surface area contributed by atoms with Gasteiger partial charge in [-0.05, 0) is 17.4 Å². The summed E-state index contributed by atoms with van der Waals surface area (Å²) in [6.45, 7) is 2.15. The van der Waals surface area contributed by atoms with Crippen LogP contribution in [0.3, 0.4) is 0 Å². The van der Waals surface area contributed by atoms with Gasteiger partial charge in [0, 0.05) is 12.1 Å². The third-order valence-corrected chi connectivity index (χ3v) is 3.24. The Morgan fingerprint density at radius 3 is 2.75 bits per heavy atom. The average Bonchev–Trinajstić information content (AvgIpc) is 2.47. The molecule has 1 heteroatoms. The highest BCUT2D eigenvalue weighted by Gasteiger charge is 2.17. The molecule has 3 rings (SSSR count). The Bertz CT molecular complexity index is 578. The summed E-state index contributed by atoms with van der Waals surface area (Å²) in [7, 11) is 0. The Hall–Kier alpha value is -1.76. The lowest BCUT2D eigenvalue weighted by atomic mass is 9.91. The first-order valence-corrected chi connectivity index (χ1v) is 5.73. The minimum Gasteiger partial charge on any atom is -0.383 e. The summed E-state index contributed by atoms with van der Waals surface area (Å²) in [6, 6.07) is 8.90. The first kappa shape index (κ1) is 9.46. The minimum atomic E-state index is 0.399. The van der Waals surface area contributed by atoms with Crippen LogP contribution in [0.2, 0.25) is 0 Å². The molecule has 0 saturated heterocycles. The molecule has 0 amide bonds. The summed E-state index contributed by atoms with van der Waals surface area (Å²) in [5.74, 6) is 0.463. The molecule has 1 N–H and O–H groups in total. The maximum Gasteiger partial charge on any atom is 0.0540 e. The van der Waals surface area contributed by atoms with Crippen LogP contribution < -0.4 is 15.8 Å². The summed E-state index contributed by atoms with van der Waals surface area (Å²) in [4.78, 5) is 0. The summed E-state index contributed by atoms with van der Waals surface area (Å²) in [6.07, 6.45) is 11.2. The SMILES string of the molecule is CC1=CC2C=c3ccccc3=CNC2C=C1. The maximum absolute atomic E-state index is 3.47. The van der Waals surface area contributed by atoms with Crippen molar-refractivity contribution in [3.05, 3.63) is 58.5 Å². The number of rotatable bonds is 0. The van der Waals surface area contributed by atoms with Gasteiger partial charge in [-0.1, -0.05) is 54.1 Å². The molecule has 0 spiro atoms. The number of nitrogens with one attached hydrogen (secondary N) is 1. The second-order valence-corrected chi connectivity index (χ2v) is 4.48. The molecular formula is C15H15N. The van der Waals surface area contributed by atoms with Gasteiger partial charge in [-0.2, -0.15) is 0 Å². The van der Waals surface area contributed by atoms with Crippen LogP contribution in [0, 0.1) is 5.92 Å². The van der Waals surface area contributed by atoms with Crippen molar-refractivity contribution >= 4 is 12.3 Å². The fourth-order valence-electron chi connectivity index (χ4n) is 2.35. The highest BCUT2D eigenvalue weighted by molar-refractivity contribution is 5.45. The molecule has 0 radical (unpaired) electrons. The van der Waals surface area contributed by atoms with Crippen LogP contribution in [-0.2, 0) is 0 Å². The van der Waals surface area contributed by atoms with Gasteiger partial charge in [-0.3, -0.25) is 0 Å². The second kappa shape index (κ2) is 3.67. The predicted molar refractivity (Wildman–Crippen MR) is 67.9 cm³/mol. The lowest BCUT2D eigenvalue weighted by molar-refractivity contribution is 0.642. The van der Waals surface area contributed by atoms with Crippen LogP contribution >= 0.6 is 0 Å². The quantitative estimate of drug-likeness (QED) is 0.679. The molecular weight excluding hydrogens is 194 g/mol. The number of benzene rings is 1. The second-order valence-electron chi connectivity index (χ2n) is 4.48. The summed E-state index contributed by atoms with van der Waals surface area (Å²) < 4.78 is 0. The molecule has 1 heterocycles. The van der Waals surface area contributed by atoms with Crippen LogP contribution in [-0.4, -0.2) is 6.04 Å². The zero-order valence-electron chi connectivity index (χ0n) is 9.35. The van der Waals surface area contributed by atoms with Crippen molar-refractivity contribution < 1.29 is 0 Å². The Balaban J connectivity index is 2.17. The first-order chi connectivity index (χ1) is 7.83. The molecule has 1 aromatic rings. The fourth-order valence-corrected chi connectivity index (χ4v) is 2.35. The van der Waals surface area contributed by atoms with Gasteiger partial charge in [-0.15, -0.1) is 0 Å². The summed E-state index contributed by atoms with van der Waals surface area (Å²) in [5, 5.41) is 6.07. The Morgan fingerprint density at radius 1 is 1.06 bits per heavy atom. The van der Waals surface area contributed by atoms with Crippen molar-refractivity contribution in [3.8, 4) is 0 Å². The van der Waals surface area contributed by atoms with Gasteiger partial charge < -0.3 is 5.32 Å². The zero-order valence-corrected chi connectivity index (χ0v) is 9.35. The van der Waals surface area contributed by atoms with Gasteiger partial charge in [0.05, 0.1) is 6.04 Å². The van der Waals surface area contributed by atoms with Gasteiger partial charge in [0.15, 0.2) is 0 Å². The molecule has 0 aromatic heterocycles. The van der Waals surface area contributed by atoms with E-state index in [1.807, 2.05) is 0 Å².